The standard InChI is InChI=1S/C20H16ClN5O3/c1-11(15-9-26(25-24-15)13-6-4-12(10-27)5-7-13)23-18-16(21)19(28)14-3-2-8-22-17(14)20(18)29/h2-9,11,23,27H,10H2,1H3. The van der Waals surface area contributed by atoms with Crippen molar-refractivity contribution in [2.75, 3.05) is 0 Å². The van der Waals surface area contributed by atoms with E-state index in [1.807, 2.05) is 12.1 Å². The second-order valence-electron chi connectivity index (χ2n) is 6.53. The lowest BCUT2D eigenvalue weighted by molar-refractivity contribution is 0.0969. The number of hydrogen-bond acceptors (Lipinski definition) is 7. The second-order valence-corrected chi connectivity index (χ2v) is 6.90. The van der Waals surface area contributed by atoms with E-state index < -0.39 is 17.6 Å². The Morgan fingerprint density at radius 1 is 1.17 bits per heavy atom. The van der Waals surface area contributed by atoms with Crippen LogP contribution in [0, 0.1) is 0 Å². The summed E-state index contributed by atoms with van der Waals surface area (Å²) in [6.07, 6.45) is 3.17. The minimum atomic E-state index is -0.448. The van der Waals surface area contributed by atoms with Crippen LogP contribution in [0.3, 0.4) is 0 Å². The van der Waals surface area contributed by atoms with Crippen LogP contribution in [0.1, 0.15) is 45.1 Å². The third kappa shape index (κ3) is 3.43. The van der Waals surface area contributed by atoms with Gasteiger partial charge in [0.05, 0.1) is 30.1 Å². The Labute approximate surface area is 170 Å². The molecule has 3 aromatic rings. The Morgan fingerprint density at radius 3 is 2.66 bits per heavy atom. The topological polar surface area (TPSA) is 110 Å². The lowest BCUT2D eigenvalue weighted by atomic mass is 9.96. The molecule has 4 rings (SSSR count). The van der Waals surface area contributed by atoms with Gasteiger partial charge in [-0.2, -0.15) is 0 Å². The van der Waals surface area contributed by atoms with Crippen molar-refractivity contribution in [1.82, 2.24) is 25.3 Å². The number of aliphatic hydroxyl groups excluding tert-OH is 1. The van der Waals surface area contributed by atoms with Crippen LogP contribution in [0.5, 0.6) is 0 Å². The van der Waals surface area contributed by atoms with Gasteiger partial charge in [-0.3, -0.25) is 14.6 Å². The van der Waals surface area contributed by atoms with Gasteiger partial charge in [-0.1, -0.05) is 28.9 Å². The maximum absolute atomic E-state index is 12.7. The van der Waals surface area contributed by atoms with Crippen LogP contribution < -0.4 is 5.32 Å². The van der Waals surface area contributed by atoms with Gasteiger partial charge in [0, 0.05) is 6.20 Å². The molecule has 0 bridgehead atoms. The summed E-state index contributed by atoms with van der Waals surface area (Å²) >= 11 is 6.17. The number of carbonyl (C=O) groups excluding carboxylic acids is 2. The van der Waals surface area contributed by atoms with E-state index in [4.69, 9.17) is 16.7 Å². The predicted molar refractivity (Wildman–Crippen MR) is 105 cm³/mol. The van der Waals surface area contributed by atoms with Crippen molar-refractivity contribution < 1.29 is 14.7 Å². The average molecular weight is 410 g/mol. The molecule has 0 amide bonds. The molecule has 0 spiro atoms. The monoisotopic (exact) mass is 409 g/mol. The highest BCUT2D eigenvalue weighted by atomic mass is 35.5. The molecular formula is C20H16ClN5O3. The molecule has 0 radical (unpaired) electrons. The van der Waals surface area contributed by atoms with Crippen molar-refractivity contribution in [3.8, 4) is 5.69 Å². The van der Waals surface area contributed by atoms with Gasteiger partial charge in [0.25, 0.3) is 0 Å². The fourth-order valence-corrected chi connectivity index (χ4v) is 3.24. The summed E-state index contributed by atoms with van der Waals surface area (Å²) in [5.41, 5.74) is 2.38. The number of ketones is 2. The Morgan fingerprint density at radius 2 is 1.93 bits per heavy atom. The molecule has 8 nitrogen and oxygen atoms in total. The van der Waals surface area contributed by atoms with Crippen molar-refractivity contribution in [1.29, 1.82) is 0 Å². The summed E-state index contributed by atoms with van der Waals surface area (Å²) in [7, 11) is 0. The van der Waals surface area contributed by atoms with E-state index >= 15 is 0 Å². The molecule has 2 N–H and O–H groups in total. The van der Waals surface area contributed by atoms with Gasteiger partial charge in [0.2, 0.25) is 11.6 Å². The highest BCUT2D eigenvalue weighted by Crippen LogP contribution is 2.27. The van der Waals surface area contributed by atoms with E-state index in [0.717, 1.165) is 11.3 Å². The van der Waals surface area contributed by atoms with E-state index in [1.54, 1.807) is 36.0 Å². The van der Waals surface area contributed by atoms with Crippen LogP contribution >= 0.6 is 11.6 Å². The largest absolute Gasteiger partial charge is 0.392 e. The number of aromatic nitrogens is 4. The van der Waals surface area contributed by atoms with E-state index in [1.165, 1.54) is 12.3 Å². The number of rotatable bonds is 5. The van der Waals surface area contributed by atoms with Crippen molar-refractivity contribution in [2.45, 2.75) is 19.6 Å². The van der Waals surface area contributed by atoms with Gasteiger partial charge >= 0.3 is 0 Å². The molecule has 0 aliphatic heterocycles. The molecule has 1 unspecified atom stereocenters. The Kier molecular flexibility index (Phi) is 4.96. The molecule has 1 atom stereocenters. The second kappa shape index (κ2) is 7.57. The van der Waals surface area contributed by atoms with Crippen LogP contribution in [0.25, 0.3) is 5.69 Å². The van der Waals surface area contributed by atoms with Gasteiger partial charge in [0.15, 0.2) is 0 Å². The summed E-state index contributed by atoms with van der Waals surface area (Å²) in [6, 6.07) is 9.88. The highest BCUT2D eigenvalue weighted by Gasteiger charge is 2.33. The van der Waals surface area contributed by atoms with Crippen molar-refractivity contribution >= 4 is 23.2 Å². The van der Waals surface area contributed by atoms with Crippen LogP contribution in [0.4, 0.5) is 0 Å². The first-order valence-electron chi connectivity index (χ1n) is 8.82. The number of halogens is 1. The molecule has 1 aliphatic rings. The number of nitrogens with zero attached hydrogens (tertiary/aromatic N) is 4. The zero-order valence-corrected chi connectivity index (χ0v) is 16.1. The predicted octanol–water partition coefficient (Wildman–Crippen LogP) is 2.33. The summed E-state index contributed by atoms with van der Waals surface area (Å²) in [4.78, 5) is 29.2. The van der Waals surface area contributed by atoms with E-state index in [9.17, 15) is 9.59 Å². The lowest BCUT2D eigenvalue weighted by Crippen LogP contribution is -2.31. The maximum Gasteiger partial charge on any atom is 0.229 e. The minimum absolute atomic E-state index is 0.00258. The van der Waals surface area contributed by atoms with Gasteiger partial charge in [-0.25, -0.2) is 4.68 Å². The number of carbonyl (C=O) groups is 2. The SMILES string of the molecule is CC(NC1=C(Cl)C(=O)c2cccnc2C1=O)c1cn(-c2ccc(CO)cc2)nn1. The number of Topliss-reactive ketones (excluding diaryl/α,β-unsaturated/α-hetero) is 2. The third-order valence-corrected chi connectivity index (χ3v) is 4.97. The lowest BCUT2D eigenvalue weighted by Gasteiger charge is -2.20. The smallest absolute Gasteiger partial charge is 0.229 e. The summed E-state index contributed by atoms with van der Waals surface area (Å²) in [6.45, 7) is 1.75. The molecule has 0 saturated heterocycles. The average Bonchev–Trinajstić information content (AvgIpc) is 3.25. The third-order valence-electron chi connectivity index (χ3n) is 4.61. The number of hydrogen-bond donors (Lipinski definition) is 2. The van der Waals surface area contributed by atoms with Crippen LogP contribution in [-0.4, -0.2) is 36.7 Å². The first-order chi connectivity index (χ1) is 14.0. The number of aliphatic hydroxyl groups is 1. The number of nitrogens with one attached hydrogen (secondary N) is 1. The van der Waals surface area contributed by atoms with Crippen molar-refractivity contribution in [2.24, 2.45) is 0 Å². The zero-order valence-electron chi connectivity index (χ0n) is 15.3. The molecule has 1 aromatic carbocycles. The van der Waals surface area contributed by atoms with E-state index in [0.29, 0.717) is 5.69 Å². The zero-order chi connectivity index (χ0) is 20.5. The number of pyridine rings is 1. The van der Waals surface area contributed by atoms with Gasteiger partial charge in [-0.15, -0.1) is 5.10 Å². The van der Waals surface area contributed by atoms with E-state index in [2.05, 4.69) is 20.6 Å². The molecule has 1 aliphatic carbocycles. The van der Waals surface area contributed by atoms with Gasteiger partial charge in [-0.05, 0) is 36.8 Å². The summed E-state index contributed by atoms with van der Waals surface area (Å²) < 4.78 is 1.58. The fourth-order valence-electron chi connectivity index (χ4n) is 2.99. The Balaban J connectivity index is 1.57. The Hall–Kier alpha value is -3.36. The number of allylic oxidation sites excluding steroid dienone is 2. The van der Waals surface area contributed by atoms with Crippen molar-refractivity contribution in [3.05, 3.63) is 82.0 Å². The van der Waals surface area contributed by atoms with Crippen molar-refractivity contribution in [3.63, 3.8) is 0 Å². The normalized spacial score (nSPS) is 14.7. The molecule has 9 heteroatoms. The molecule has 2 aromatic heterocycles. The van der Waals surface area contributed by atoms with Gasteiger partial charge in [0.1, 0.15) is 22.1 Å². The first-order valence-corrected chi connectivity index (χ1v) is 9.20. The fraction of sp³-hybridized carbons (Fsp3) is 0.150. The minimum Gasteiger partial charge on any atom is -0.392 e. The van der Waals surface area contributed by atoms with Crippen LogP contribution in [-0.2, 0) is 6.61 Å². The van der Waals surface area contributed by atoms with Crippen LogP contribution in [0.15, 0.2) is 59.5 Å². The molecule has 0 fully saturated rings. The highest BCUT2D eigenvalue weighted by molar-refractivity contribution is 6.49. The Bertz CT molecular complexity index is 1140. The quantitative estimate of drug-likeness (QED) is 0.665. The molecular weight excluding hydrogens is 394 g/mol. The summed E-state index contributed by atoms with van der Waals surface area (Å²) in [5, 5.41) is 20.2. The van der Waals surface area contributed by atoms with Gasteiger partial charge < -0.3 is 10.4 Å². The maximum atomic E-state index is 12.7. The molecule has 29 heavy (non-hydrogen) atoms. The number of benzene rings is 1. The van der Waals surface area contributed by atoms with Crippen LogP contribution in [0.2, 0.25) is 0 Å². The van der Waals surface area contributed by atoms with E-state index in [-0.39, 0.29) is 28.6 Å². The summed E-state index contributed by atoms with van der Waals surface area (Å²) in [5.74, 6) is -0.888. The first kappa shape index (κ1) is 19.0. The molecule has 146 valence electrons. The molecule has 2 heterocycles. The molecule has 0 saturated carbocycles. The number of fused-ring (bicyclic) bond motifs is 1.